The van der Waals surface area contributed by atoms with Crippen molar-refractivity contribution in [1.82, 2.24) is 5.32 Å². The number of nitrogens with one attached hydrogen (secondary N) is 1. The predicted molar refractivity (Wildman–Crippen MR) is 73.4 cm³/mol. The average molecular weight is 235 g/mol. The van der Waals surface area contributed by atoms with E-state index in [-0.39, 0.29) is 6.61 Å². The van der Waals surface area contributed by atoms with Gasteiger partial charge in [0.05, 0.1) is 0 Å². The Hall–Kier alpha value is -0.860. The highest BCUT2D eigenvalue weighted by atomic mass is 16.2. The third-order valence-electron chi connectivity index (χ3n) is 3.34. The molecular formula is C15H25NO. The Kier molecular flexibility index (Phi) is 5.66. The largest absolute Gasteiger partial charge is 0.396 e. The molecule has 0 aliphatic carbocycles. The van der Waals surface area contributed by atoms with E-state index in [2.05, 4.69) is 44.3 Å². The molecule has 1 aromatic carbocycles. The molecule has 1 aromatic rings. The van der Waals surface area contributed by atoms with E-state index in [9.17, 15) is 0 Å². The van der Waals surface area contributed by atoms with Gasteiger partial charge in [-0.15, -0.1) is 0 Å². The maximum Gasteiger partial charge on any atom is 0.0431 e. The first-order chi connectivity index (χ1) is 8.10. The summed E-state index contributed by atoms with van der Waals surface area (Å²) in [6.07, 6.45) is 1.83. The van der Waals surface area contributed by atoms with Crippen molar-refractivity contribution >= 4 is 0 Å². The topological polar surface area (TPSA) is 32.3 Å². The monoisotopic (exact) mass is 235 g/mol. The van der Waals surface area contributed by atoms with E-state index in [1.54, 1.807) is 0 Å². The number of aryl methyl sites for hydroxylation is 1. The molecule has 0 fully saturated rings. The number of aliphatic hydroxyl groups excluding tert-OH is 1. The van der Waals surface area contributed by atoms with Crippen LogP contribution in [0.25, 0.3) is 0 Å². The Labute approximate surface area is 105 Å². The fraction of sp³-hybridized carbons (Fsp3) is 0.600. The number of hydrogen-bond donors (Lipinski definition) is 2. The Morgan fingerprint density at radius 1 is 1.29 bits per heavy atom. The molecule has 1 unspecified atom stereocenters. The standard InChI is InChI=1S/C15H25NO/c1-11(2)13-8-7-12(3)14(10-13)15(16-4)6-5-9-17/h7-8,10-11,15-17H,5-6,9H2,1-4H3. The molecule has 0 aromatic heterocycles. The van der Waals surface area contributed by atoms with Crippen LogP contribution in [0.3, 0.4) is 0 Å². The highest BCUT2D eigenvalue weighted by Gasteiger charge is 2.12. The van der Waals surface area contributed by atoms with Gasteiger partial charge in [-0.1, -0.05) is 32.0 Å². The van der Waals surface area contributed by atoms with E-state index in [1.807, 2.05) is 7.05 Å². The predicted octanol–water partition coefficient (Wildman–Crippen LogP) is 3.15. The first kappa shape index (κ1) is 14.2. The summed E-state index contributed by atoms with van der Waals surface area (Å²) in [6.45, 7) is 6.86. The zero-order valence-electron chi connectivity index (χ0n) is 11.5. The van der Waals surface area contributed by atoms with E-state index in [0.717, 1.165) is 12.8 Å². The number of hydrogen-bond acceptors (Lipinski definition) is 2. The van der Waals surface area contributed by atoms with Crippen LogP contribution in [0.5, 0.6) is 0 Å². The molecule has 2 heteroatoms. The van der Waals surface area contributed by atoms with Crippen molar-refractivity contribution in [2.24, 2.45) is 0 Å². The molecule has 1 rings (SSSR count). The minimum absolute atomic E-state index is 0.265. The zero-order chi connectivity index (χ0) is 12.8. The molecule has 1 atom stereocenters. The lowest BCUT2D eigenvalue weighted by molar-refractivity contribution is 0.276. The van der Waals surface area contributed by atoms with Crippen LogP contribution in [0, 0.1) is 6.92 Å². The maximum absolute atomic E-state index is 8.94. The maximum atomic E-state index is 8.94. The molecule has 17 heavy (non-hydrogen) atoms. The molecule has 96 valence electrons. The van der Waals surface area contributed by atoms with Gasteiger partial charge in [-0.3, -0.25) is 0 Å². The van der Waals surface area contributed by atoms with Crippen LogP contribution in [-0.2, 0) is 0 Å². The van der Waals surface area contributed by atoms with Gasteiger partial charge in [0, 0.05) is 12.6 Å². The fourth-order valence-electron chi connectivity index (χ4n) is 2.14. The molecule has 0 bridgehead atoms. The van der Waals surface area contributed by atoms with Crippen molar-refractivity contribution in [3.05, 3.63) is 34.9 Å². The lowest BCUT2D eigenvalue weighted by Crippen LogP contribution is -2.18. The van der Waals surface area contributed by atoms with E-state index in [1.165, 1.54) is 16.7 Å². The second-order valence-corrected chi connectivity index (χ2v) is 4.98. The summed E-state index contributed by atoms with van der Waals surface area (Å²) in [4.78, 5) is 0. The number of aliphatic hydroxyl groups is 1. The summed E-state index contributed by atoms with van der Waals surface area (Å²) in [5, 5.41) is 12.3. The van der Waals surface area contributed by atoms with E-state index >= 15 is 0 Å². The second kappa shape index (κ2) is 6.77. The molecule has 2 nitrogen and oxygen atoms in total. The highest BCUT2D eigenvalue weighted by Crippen LogP contribution is 2.25. The van der Waals surface area contributed by atoms with Crippen LogP contribution >= 0.6 is 0 Å². The summed E-state index contributed by atoms with van der Waals surface area (Å²) in [5.41, 5.74) is 4.08. The van der Waals surface area contributed by atoms with Crippen LogP contribution in [0.2, 0.25) is 0 Å². The minimum atomic E-state index is 0.265. The Bertz CT molecular complexity index is 347. The molecule has 0 heterocycles. The van der Waals surface area contributed by atoms with E-state index in [0.29, 0.717) is 12.0 Å². The summed E-state index contributed by atoms with van der Waals surface area (Å²) < 4.78 is 0. The van der Waals surface area contributed by atoms with Gasteiger partial charge in [0.2, 0.25) is 0 Å². The van der Waals surface area contributed by atoms with E-state index < -0.39 is 0 Å². The summed E-state index contributed by atoms with van der Waals surface area (Å²) in [6, 6.07) is 7.07. The first-order valence-electron chi connectivity index (χ1n) is 6.48. The summed E-state index contributed by atoms with van der Waals surface area (Å²) in [7, 11) is 1.99. The van der Waals surface area contributed by atoms with Crippen LogP contribution < -0.4 is 5.32 Å². The second-order valence-electron chi connectivity index (χ2n) is 4.98. The van der Waals surface area contributed by atoms with Crippen molar-refractivity contribution in [2.45, 2.75) is 45.6 Å². The molecule has 0 saturated carbocycles. The van der Waals surface area contributed by atoms with Gasteiger partial charge in [0.25, 0.3) is 0 Å². The fourth-order valence-corrected chi connectivity index (χ4v) is 2.14. The molecule has 0 aliphatic rings. The number of benzene rings is 1. The molecule has 0 spiro atoms. The lowest BCUT2D eigenvalue weighted by Gasteiger charge is -2.20. The third kappa shape index (κ3) is 3.83. The molecule has 0 radical (unpaired) electrons. The SMILES string of the molecule is CNC(CCCO)c1cc(C(C)C)ccc1C. The van der Waals surface area contributed by atoms with Crippen molar-refractivity contribution in [2.75, 3.05) is 13.7 Å². The summed E-state index contributed by atoms with van der Waals surface area (Å²) in [5.74, 6) is 0.560. The Morgan fingerprint density at radius 3 is 2.53 bits per heavy atom. The van der Waals surface area contributed by atoms with Gasteiger partial charge in [-0.2, -0.15) is 0 Å². The minimum Gasteiger partial charge on any atom is -0.396 e. The lowest BCUT2D eigenvalue weighted by atomic mass is 9.92. The Balaban J connectivity index is 2.96. The van der Waals surface area contributed by atoms with Crippen LogP contribution in [-0.4, -0.2) is 18.8 Å². The van der Waals surface area contributed by atoms with E-state index in [4.69, 9.17) is 5.11 Å². The van der Waals surface area contributed by atoms with Gasteiger partial charge < -0.3 is 10.4 Å². The first-order valence-corrected chi connectivity index (χ1v) is 6.48. The molecule has 2 N–H and O–H groups in total. The van der Waals surface area contributed by atoms with Gasteiger partial charge in [0.1, 0.15) is 0 Å². The summed E-state index contributed by atoms with van der Waals surface area (Å²) >= 11 is 0. The Morgan fingerprint density at radius 2 is 2.00 bits per heavy atom. The normalized spacial score (nSPS) is 13.1. The highest BCUT2D eigenvalue weighted by molar-refractivity contribution is 5.34. The van der Waals surface area contributed by atoms with Gasteiger partial charge in [0.15, 0.2) is 0 Å². The quantitative estimate of drug-likeness (QED) is 0.794. The van der Waals surface area contributed by atoms with Gasteiger partial charge >= 0.3 is 0 Å². The van der Waals surface area contributed by atoms with Crippen LogP contribution in [0.15, 0.2) is 18.2 Å². The zero-order valence-corrected chi connectivity index (χ0v) is 11.5. The molecular weight excluding hydrogens is 210 g/mol. The smallest absolute Gasteiger partial charge is 0.0431 e. The van der Waals surface area contributed by atoms with Crippen molar-refractivity contribution < 1.29 is 5.11 Å². The van der Waals surface area contributed by atoms with Crippen LogP contribution in [0.1, 0.15) is 55.3 Å². The van der Waals surface area contributed by atoms with Crippen molar-refractivity contribution in [3.8, 4) is 0 Å². The molecule has 0 aliphatic heterocycles. The van der Waals surface area contributed by atoms with Gasteiger partial charge in [-0.05, 0) is 49.4 Å². The van der Waals surface area contributed by atoms with Crippen LogP contribution in [0.4, 0.5) is 0 Å². The molecule has 0 saturated heterocycles. The molecule has 0 amide bonds. The number of rotatable bonds is 6. The van der Waals surface area contributed by atoms with Crippen molar-refractivity contribution in [3.63, 3.8) is 0 Å². The van der Waals surface area contributed by atoms with Crippen molar-refractivity contribution in [1.29, 1.82) is 0 Å². The average Bonchev–Trinajstić information content (AvgIpc) is 2.31. The van der Waals surface area contributed by atoms with Gasteiger partial charge in [-0.25, -0.2) is 0 Å². The third-order valence-corrected chi connectivity index (χ3v) is 3.34.